The maximum absolute atomic E-state index is 12.5. The second-order valence-corrected chi connectivity index (χ2v) is 7.44. The van der Waals surface area contributed by atoms with Gasteiger partial charge in [-0.15, -0.1) is 0 Å². The van der Waals surface area contributed by atoms with E-state index in [4.69, 9.17) is 0 Å². The number of phenols is 1. The second kappa shape index (κ2) is 5.34. The third-order valence-electron chi connectivity index (χ3n) is 4.16. The normalized spacial score (nSPS) is 28.1. The minimum atomic E-state index is -0.464. The first-order valence-electron chi connectivity index (χ1n) is 7.40. The van der Waals surface area contributed by atoms with Crippen LogP contribution in [0.2, 0.25) is 0 Å². The molecule has 1 saturated carbocycles. The number of hydrogen-bond donors (Lipinski definition) is 3. The fraction of sp³-hybridized carbons (Fsp3) is 0.588. The summed E-state index contributed by atoms with van der Waals surface area (Å²) in [7, 11) is 0. The summed E-state index contributed by atoms with van der Waals surface area (Å²) in [5, 5.41) is 22.9. The summed E-state index contributed by atoms with van der Waals surface area (Å²) in [4.78, 5) is 12.5. The topological polar surface area (TPSA) is 69.6 Å². The van der Waals surface area contributed by atoms with E-state index in [1.54, 1.807) is 12.1 Å². The molecular weight excluding hydrogens is 266 g/mol. The third-order valence-corrected chi connectivity index (χ3v) is 4.16. The molecule has 1 aromatic rings. The van der Waals surface area contributed by atoms with Crippen molar-refractivity contribution in [2.75, 3.05) is 0 Å². The Morgan fingerprint density at radius 3 is 2.57 bits per heavy atom. The Labute approximate surface area is 126 Å². The Balaban J connectivity index is 2.20. The standard InChI is InChI=1S/C17H25NO3/c1-11-5-6-14(20)13(7-11)15(21)18-17(4)9-12(19)8-16(2,3)10-17/h5-7,12,19-20H,8-10H2,1-4H3,(H,18,21)/t12-,17+/m0/s1. The van der Waals surface area contributed by atoms with Crippen LogP contribution in [-0.4, -0.2) is 27.8 Å². The van der Waals surface area contributed by atoms with Crippen LogP contribution in [0.5, 0.6) is 5.75 Å². The minimum Gasteiger partial charge on any atom is -0.507 e. The molecule has 21 heavy (non-hydrogen) atoms. The quantitative estimate of drug-likeness (QED) is 0.784. The van der Waals surface area contributed by atoms with Gasteiger partial charge >= 0.3 is 0 Å². The second-order valence-electron chi connectivity index (χ2n) is 7.44. The molecule has 0 saturated heterocycles. The van der Waals surface area contributed by atoms with Gasteiger partial charge in [-0.1, -0.05) is 25.5 Å². The van der Waals surface area contributed by atoms with Gasteiger partial charge in [0.2, 0.25) is 0 Å². The van der Waals surface area contributed by atoms with Crippen LogP contribution in [0.25, 0.3) is 0 Å². The highest BCUT2D eigenvalue weighted by atomic mass is 16.3. The van der Waals surface area contributed by atoms with Gasteiger partial charge in [0, 0.05) is 5.54 Å². The summed E-state index contributed by atoms with van der Waals surface area (Å²) in [5.74, 6) is -0.305. The van der Waals surface area contributed by atoms with E-state index < -0.39 is 11.6 Å². The number of aliphatic hydroxyl groups is 1. The molecular formula is C17H25NO3. The molecule has 4 heteroatoms. The van der Waals surface area contributed by atoms with Gasteiger partial charge in [0.1, 0.15) is 5.75 Å². The largest absolute Gasteiger partial charge is 0.507 e. The van der Waals surface area contributed by atoms with Crippen molar-refractivity contribution in [2.24, 2.45) is 5.41 Å². The highest BCUT2D eigenvalue weighted by molar-refractivity contribution is 5.97. The SMILES string of the molecule is Cc1ccc(O)c(C(=O)N[C@]2(C)C[C@@H](O)CC(C)(C)C2)c1. The summed E-state index contributed by atoms with van der Waals surface area (Å²) in [6.07, 6.45) is 1.67. The predicted molar refractivity (Wildman–Crippen MR) is 82.4 cm³/mol. The average Bonchev–Trinajstić information content (AvgIpc) is 2.28. The lowest BCUT2D eigenvalue weighted by molar-refractivity contribution is 0.0140. The predicted octanol–water partition coefficient (Wildman–Crippen LogP) is 2.76. The number of nitrogens with one attached hydrogen (secondary N) is 1. The number of benzene rings is 1. The number of aliphatic hydroxyl groups excluding tert-OH is 1. The highest BCUT2D eigenvalue weighted by Gasteiger charge is 2.41. The molecule has 116 valence electrons. The van der Waals surface area contributed by atoms with Crippen molar-refractivity contribution in [1.82, 2.24) is 5.32 Å². The zero-order chi connectivity index (χ0) is 15.8. The molecule has 0 aromatic heterocycles. The zero-order valence-corrected chi connectivity index (χ0v) is 13.2. The average molecular weight is 291 g/mol. The van der Waals surface area contributed by atoms with Gasteiger partial charge in [-0.3, -0.25) is 4.79 Å². The molecule has 4 nitrogen and oxygen atoms in total. The lowest BCUT2D eigenvalue weighted by Gasteiger charge is -2.45. The van der Waals surface area contributed by atoms with E-state index in [1.807, 2.05) is 13.8 Å². The van der Waals surface area contributed by atoms with Gasteiger partial charge in [0.25, 0.3) is 5.91 Å². The maximum atomic E-state index is 12.5. The van der Waals surface area contributed by atoms with Gasteiger partial charge in [-0.05, 0) is 50.7 Å². The lowest BCUT2D eigenvalue weighted by Crippen LogP contribution is -2.54. The van der Waals surface area contributed by atoms with Crippen molar-refractivity contribution in [1.29, 1.82) is 0 Å². The number of aryl methyl sites for hydroxylation is 1. The van der Waals surface area contributed by atoms with Gasteiger partial charge in [-0.25, -0.2) is 0 Å². The Morgan fingerprint density at radius 2 is 1.95 bits per heavy atom. The van der Waals surface area contributed by atoms with Gasteiger partial charge in [-0.2, -0.15) is 0 Å². The number of amides is 1. The number of carbonyl (C=O) groups excluding carboxylic acids is 1. The van der Waals surface area contributed by atoms with Gasteiger partial charge in [0.05, 0.1) is 11.7 Å². The lowest BCUT2D eigenvalue weighted by atomic mass is 9.67. The fourth-order valence-electron chi connectivity index (χ4n) is 3.70. The molecule has 1 aliphatic rings. The number of hydrogen-bond acceptors (Lipinski definition) is 3. The maximum Gasteiger partial charge on any atom is 0.255 e. The molecule has 1 amide bonds. The third kappa shape index (κ3) is 3.76. The smallest absolute Gasteiger partial charge is 0.255 e. The summed E-state index contributed by atoms with van der Waals surface area (Å²) in [6.45, 7) is 8.04. The van der Waals surface area contributed by atoms with Gasteiger partial charge in [0.15, 0.2) is 0 Å². The van der Waals surface area contributed by atoms with Crippen LogP contribution >= 0.6 is 0 Å². The number of phenolic OH excluding ortho intramolecular Hbond substituents is 1. The van der Waals surface area contributed by atoms with E-state index in [0.29, 0.717) is 6.42 Å². The Morgan fingerprint density at radius 1 is 1.29 bits per heavy atom. The molecule has 0 bridgehead atoms. The zero-order valence-electron chi connectivity index (χ0n) is 13.2. The summed E-state index contributed by atoms with van der Waals surface area (Å²) in [6, 6.07) is 4.98. The van der Waals surface area contributed by atoms with Crippen LogP contribution in [0.1, 0.15) is 56.0 Å². The molecule has 0 unspecified atom stereocenters. The number of rotatable bonds is 2. The van der Waals surface area contributed by atoms with E-state index in [2.05, 4.69) is 19.2 Å². The summed E-state index contributed by atoms with van der Waals surface area (Å²) in [5.41, 5.74) is 0.726. The van der Waals surface area contributed by atoms with Crippen LogP contribution in [-0.2, 0) is 0 Å². The first-order chi connectivity index (χ1) is 9.60. The van der Waals surface area contributed by atoms with Crippen LogP contribution in [0.4, 0.5) is 0 Å². The van der Waals surface area contributed by atoms with E-state index in [-0.39, 0.29) is 22.6 Å². The Bertz CT molecular complexity index is 553. The van der Waals surface area contributed by atoms with E-state index in [0.717, 1.165) is 18.4 Å². The highest BCUT2D eigenvalue weighted by Crippen LogP contribution is 2.41. The van der Waals surface area contributed by atoms with Crippen molar-refractivity contribution in [2.45, 2.75) is 58.6 Å². The Kier molecular flexibility index (Phi) is 4.02. The van der Waals surface area contributed by atoms with Crippen molar-refractivity contribution < 1.29 is 15.0 Å². The first-order valence-corrected chi connectivity index (χ1v) is 7.40. The molecule has 1 fully saturated rings. The molecule has 0 aliphatic heterocycles. The van der Waals surface area contributed by atoms with E-state index in [9.17, 15) is 15.0 Å². The van der Waals surface area contributed by atoms with Crippen LogP contribution in [0.15, 0.2) is 18.2 Å². The van der Waals surface area contributed by atoms with Crippen LogP contribution in [0, 0.1) is 12.3 Å². The molecule has 2 atom stereocenters. The molecule has 3 N–H and O–H groups in total. The van der Waals surface area contributed by atoms with E-state index >= 15 is 0 Å². The molecule has 0 spiro atoms. The first kappa shape index (κ1) is 15.8. The monoisotopic (exact) mass is 291 g/mol. The molecule has 1 aromatic carbocycles. The molecule has 0 radical (unpaired) electrons. The van der Waals surface area contributed by atoms with Crippen molar-refractivity contribution in [3.8, 4) is 5.75 Å². The van der Waals surface area contributed by atoms with Crippen LogP contribution in [0.3, 0.4) is 0 Å². The Hall–Kier alpha value is -1.55. The molecule has 0 heterocycles. The van der Waals surface area contributed by atoms with Crippen molar-refractivity contribution >= 4 is 5.91 Å². The van der Waals surface area contributed by atoms with Gasteiger partial charge < -0.3 is 15.5 Å². The summed E-state index contributed by atoms with van der Waals surface area (Å²) >= 11 is 0. The van der Waals surface area contributed by atoms with Crippen molar-refractivity contribution in [3.05, 3.63) is 29.3 Å². The van der Waals surface area contributed by atoms with E-state index in [1.165, 1.54) is 6.07 Å². The number of carbonyl (C=O) groups is 1. The molecule has 2 rings (SSSR count). The molecule has 1 aliphatic carbocycles. The minimum absolute atomic E-state index is 0.0164. The van der Waals surface area contributed by atoms with Crippen LogP contribution < -0.4 is 5.32 Å². The summed E-state index contributed by atoms with van der Waals surface area (Å²) < 4.78 is 0. The van der Waals surface area contributed by atoms with Crippen molar-refractivity contribution in [3.63, 3.8) is 0 Å². The number of aromatic hydroxyl groups is 1. The fourth-order valence-corrected chi connectivity index (χ4v) is 3.70.